The fourth-order valence-corrected chi connectivity index (χ4v) is 4.70. The molecular formula is C20H22ClN5O2S. The highest BCUT2D eigenvalue weighted by Gasteiger charge is 2.22. The van der Waals surface area contributed by atoms with Gasteiger partial charge in [0.25, 0.3) is 5.56 Å². The van der Waals surface area contributed by atoms with E-state index in [1.807, 2.05) is 30.9 Å². The molecule has 0 spiro atoms. The highest BCUT2D eigenvalue weighted by molar-refractivity contribution is 7.18. The number of hydrogen-bond donors (Lipinski definition) is 1. The van der Waals surface area contributed by atoms with Crippen molar-refractivity contribution in [3.63, 3.8) is 0 Å². The molecule has 1 aliphatic heterocycles. The number of thiophene rings is 1. The molecule has 1 amide bonds. The third-order valence-electron chi connectivity index (χ3n) is 5.33. The van der Waals surface area contributed by atoms with Gasteiger partial charge in [0.1, 0.15) is 16.5 Å². The summed E-state index contributed by atoms with van der Waals surface area (Å²) in [6.45, 7) is 6.69. The van der Waals surface area contributed by atoms with Crippen molar-refractivity contribution in [1.29, 1.82) is 0 Å². The van der Waals surface area contributed by atoms with Crippen molar-refractivity contribution in [2.75, 3.05) is 31.1 Å². The van der Waals surface area contributed by atoms with E-state index in [1.54, 1.807) is 6.20 Å². The van der Waals surface area contributed by atoms with Crippen LogP contribution in [0.3, 0.4) is 0 Å². The summed E-state index contributed by atoms with van der Waals surface area (Å²) in [5.74, 6) is 1.52. The minimum Gasteiger partial charge on any atom is -0.353 e. The predicted molar refractivity (Wildman–Crippen MR) is 116 cm³/mol. The number of carbonyl (C=O) groups excluding carboxylic acids is 1. The van der Waals surface area contributed by atoms with Gasteiger partial charge in [-0.15, -0.1) is 11.3 Å². The van der Waals surface area contributed by atoms with Gasteiger partial charge in [0.15, 0.2) is 0 Å². The summed E-state index contributed by atoms with van der Waals surface area (Å²) in [5, 5.41) is 1.27. The minimum absolute atomic E-state index is 0.0787. The number of anilines is 1. The van der Waals surface area contributed by atoms with E-state index in [-0.39, 0.29) is 11.5 Å². The van der Waals surface area contributed by atoms with Crippen LogP contribution in [0.5, 0.6) is 0 Å². The summed E-state index contributed by atoms with van der Waals surface area (Å²) in [7, 11) is 0. The molecular weight excluding hydrogens is 410 g/mol. The summed E-state index contributed by atoms with van der Waals surface area (Å²) in [4.78, 5) is 42.6. The Morgan fingerprint density at radius 2 is 2.00 bits per heavy atom. The molecule has 0 aliphatic carbocycles. The second-order valence-electron chi connectivity index (χ2n) is 7.18. The number of amides is 1. The minimum atomic E-state index is -0.122. The summed E-state index contributed by atoms with van der Waals surface area (Å²) in [5.41, 5.74) is 0.859. The van der Waals surface area contributed by atoms with Crippen LogP contribution in [-0.2, 0) is 11.2 Å². The topological polar surface area (TPSA) is 82.2 Å². The molecule has 29 heavy (non-hydrogen) atoms. The smallest absolute Gasteiger partial charge is 0.259 e. The maximum absolute atomic E-state index is 12.6. The number of aromatic nitrogens is 3. The molecule has 3 aromatic rings. The van der Waals surface area contributed by atoms with Crippen LogP contribution in [0.15, 0.2) is 23.1 Å². The zero-order valence-electron chi connectivity index (χ0n) is 16.4. The quantitative estimate of drug-likeness (QED) is 0.686. The Hall–Kier alpha value is -2.45. The zero-order chi connectivity index (χ0) is 20.5. The number of fused-ring (bicyclic) bond motifs is 1. The number of hydrogen-bond acceptors (Lipinski definition) is 6. The van der Waals surface area contributed by atoms with E-state index in [0.29, 0.717) is 42.2 Å². The molecule has 7 nitrogen and oxygen atoms in total. The van der Waals surface area contributed by atoms with Crippen molar-refractivity contribution in [2.45, 2.75) is 26.7 Å². The lowest BCUT2D eigenvalue weighted by molar-refractivity contribution is -0.131. The SMILES string of the molecule is Cc1sc2nc(CCC(=O)N3CCN(c4ccc(Cl)cn4)CC3)[nH]c(=O)c2c1C. The molecule has 0 radical (unpaired) electrons. The molecule has 0 unspecified atom stereocenters. The van der Waals surface area contributed by atoms with Crippen LogP contribution in [0.4, 0.5) is 5.82 Å². The number of aryl methyl sites for hydroxylation is 3. The van der Waals surface area contributed by atoms with Crippen molar-refractivity contribution in [1.82, 2.24) is 19.9 Å². The molecule has 0 atom stereocenters. The fourth-order valence-electron chi connectivity index (χ4n) is 3.54. The van der Waals surface area contributed by atoms with Crippen LogP contribution in [0.1, 0.15) is 22.7 Å². The van der Waals surface area contributed by atoms with Crippen molar-refractivity contribution >= 4 is 44.9 Å². The van der Waals surface area contributed by atoms with Gasteiger partial charge in [0, 0.05) is 50.1 Å². The van der Waals surface area contributed by atoms with Gasteiger partial charge in [-0.25, -0.2) is 9.97 Å². The zero-order valence-corrected chi connectivity index (χ0v) is 17.9. The molecule has 4 heterocycles. The summed E-state index contributed by atoms with van der Waals surface area (Å²) in [6.07, 6.45) is 2.39. The first-order chi connectivity index (χ1) is 13.9. The molecule has 4 rings (SSSR count). The maximum Gasteiger partial charge on any atom is 0.259 e. The Balaban J connectivity index is 1.35. The van der Waals surface area contributed by atoms with Crippen LogP contribution in [0.2, 0.25) is 5.02 Å². The highest BCUT2D eigenvalue weighted by atomic mass is 35.5. The second-order valence-corrected chi connectivity index (χ2v) is 8.82. The summed E-state index contributed by atoms with van der Waals surface area (Å²) < 4.78 is 0. The predicted octanol–water partition coefficient (Wildman–Crippen LogP) is 2.93. The maximum atomic E-state index is 12.6. The number of halogens is 1. The van der Waals surface area contributed by atoms with E-state index in [2.05, 4.69) is 19.9 Å². The number of rotatable bonds is 4. The van der Waals surface area contributed by atoms with E-state index in [4.69, 9.17) is 11.6 Å². The van der Waals surface area contributed by atoms with Gasteiger partial charge in [-0.3, -0.25) is 9.59 Å². The second kappa shape index (κ2) is 8.12. The van der Waals surface area contributed by atoms with Gasteiger partial charge in [0.05, 0.1) is 10.4 Å². The van der Waals surface area contributed by atoms with Crippen LogP contribution in [0.25, 0.3) is 10.2 Å². The van der Waals surface area contributed by atoms with E-state index in [0.717, 1.165) is 34.2 Å². The van der Waals surface area contributed by atoms with E-state index in [1.165, 1.54) is 11.3 Å². The van der Waals surface area contributed by atoms with Gasteiger partial charge < -0.3 is 14.8 Å². The van der Waals surface area contributed by atoms with E-state index >= 15 is 0 Å². The van der Waals surface area contributed by atoms with Crippen molar-refractivity contribution in [3.8, 4) is 0 Å². The molecule has 1 N–H and O–H groups in total. The lowest BCUT2D eigenvalue weighted by Gasteiger charge is -2.35. The molecule has 9 heteroatoms. The van der Waals surface area contributed by atoms with Crippen LogP contribution in [0, 0.1) is 13.8 Å². The van der Waals surface area contributed by atoms with E-state index < -0.39 is 0 Å². The third kappa shape index (κ3) is 4.13. The first-order valence-electron chi connectivity index (χ1n) is 9.55. The Labute approximate surface area is 177 Å². The van der Waals surface area contributed by atoms with Crippen LogP contribution < -0.4 is 10.5 Å². The van der Waals surface area contributed by atoms with Gasteiger partial charge in [0.2, 0.25) is 5.91 Å². The number of nitrogens with zero attached hydrogens (tertiary/aromatic N) is 4. The average molecular weight is 432 g/mol. The van der Waals surface area contributed by atoms with Crippen molar-refractivity contribution in [2.24, 2.45) is 0 Å². The molecule has 0 bridgehead atoms. The van der Waals surface area contributed by atoms with Gasteiger partial charge in [-0.05, 0) is 31.5 Å². The molecule has 152 valence electrons. The van der Waals surface area contributed by atoms with E-state index in [9.17, 15) is 9.59 Å². The Kier molecular flexibility index (Phi) is 5.56. The normalized spacial score (nSPS) is 14.6. The summed E-state index contributed by atoms with van der Waals surface area (Å²) in [6, 6.07) is 3.72. The van der Waals surface area contributed by atoms with Gasteiger partial charge in [-0.1, -0.05) is 11.6 Å². The Morgan fingerprint density at radius 3 is 2.69 bits per heavy atom. The lowest BCUT2D eigenvalue weighted by Crippen LogP contribution is -2.49. The van der Waals surface area contributed by atoms with Crippen molar-refractivity contribution < 1.29 is 4.79 Å². The van der Waals surface area contributed by atoms with Crippen molar-refractivity contribution in [3.05, 3.63) is 50.0 Å². The van der Waals surface area contributed by atoms with Crippen LogP contribution >= 0.6 is 22.9 Å². The van der Waals surface area contributed by atoms with Crippen LogP contribution in [-0.4, -0.2) is 51.9 Å². The molecule has 1 fully saturated rings. The first kappa shape index (κ1) is 19.8. The number of nitrogens with one attached hydrogen (secondary N) is 1. The van der Waals surface area contributed by atoms with Gasteiger partial charge >= 0.3 is 0 Å². The van der Waals surface area contributed by atoms with Gasteiger partial charge in [-0.2, -0.15) is 0 Å². The molecule has 0 saturated carbocycles. The monoisotopic (exact) mass is 431 g/mol. The number of piperazine rings is 1. The number of aromatic amines is 1. The molecule has 1 aliphatic rings. The lowest BCUT2D eigenvalue weighted by atomic mass is 10.2. The largest absolute Gasteiger partial charge is 0.353 e. The molecule has 1 saturated heterocycles. The number of carbonyl (C=O) groups is 1. The number of H-pyrrole nitrogens is 1. The first-order valence-corrected chi connectivity index (χ1v) is 10.7. The standard InChI is InChI=1S/C20H22ClN5O2S/c1-12-13(2)29-20-18(12)19(28)23-15(24-20)4-6-17(27)26-9-7-25(8-10-26)16-5-3-14(21)11-22-16/h3,5,11H,4,6-10H2,1-2H3,(H,23,24,28). The molecule has 3 aromatic heterocycles. The Morgan fingerprint density at radius 1 is 1.24 bits per heavy atom. The Bertz CT molecular complexity index is 1100. The molecule has 0 aromatic carbocycles. The summed E-state index contributed by atoms with van der Waals surface area (Å²) >= 11 is 7.41. The average Bonchev–Trinajstić information content (AvgIpc) is 3.01. The number of pyridine rings is 1. The fraction of sp³-hybridized carbons (Fsp3) is 0.400. The highest BCUT2D eigenvalue weighted by Crippen LogP contribution is 2.25. The third-order valence-corrected chi connectivity index (χ3v) is 6.66.